The van der Waals surface area contributed by atoms with Crippen LogP contribution in [0.25, 0.3) is 0 Å². The predicted molar refractivity (Wildman–Crippen MR) is 79.1 cm³/mol. The van der Waals surface area contributed by atoms with Crippen LogP contribution in [0.3, 0.4) is 0 Å². The van der Waals surface area contributed by atoms with Crippen molar-refractivity contribution >= 4 is 11.9 Å². The van der Waals surface area contributed by atoms with Gasteiger partial charge >= 0.3 is 5.97 Å². The van der Waals surface area contributed by atoms with Gasteiger partial charge in [0.2, 0.25) is 5.91 Å². The Balaban J connectivity index is 1.83. The van der Waals surface area contributed by atoms with E-state index in [1.54, 1.807) is 12.1 Å². The maximum atomic E-state index is 12.8. The van der Waals surface area contributed by atoms with E-state index in [-0.39, 0.29) is 11.3 Å². The summed E-state index contributed by atoms with van der Waals surface area (Å²) in [5, 5.41) is 9.25. The number of hydrogen-bond acceptors (Lipinski definition) is 2. The maximum absolute atomic E-state index is 12.8. The molecule has 4 heteroatoms. The molecule has 4 nitrogen and oxygen atoms in total. The third kappa shape index (κ3) is 2.43. The van der Waals surface area contributed by atoms with Gasteiger partial charge in [0, 0.05) is 18.5 Å². The van der Waals surface area contributed by atoms with Crippen molar-refractivity contribution in [3.8, 4) is 0 Å². The summed E-state index contributed by atoms with van der Waals surface area (Å²) >= 11 is 0. The number of nitrogens with zero attached hydrogens (tertiary/aromatic N) is 1. The van der Waals surface area contributed by atoms with Crippen LogP contribution in [0.1, 0.15) is 54.1 Å². The van der Waals surface area contributed by atoms with E-state index in [2.05, 4.69) is 6.92 Å². The van der Waals surface area contributed by atoms with Crippen molar-refractivity contribution in [3.63, 3.8) is 0 Å². The molecule has 1 saturated carbocycles. The van der Waals surface area contributed by atoms with Gasteiger partial charge < -0.3 is 10.0 Å². The van der Waals surface area contributed by atoms with E-state index in [4.69, 9.17) is 0 Å². The molecule has 21 heavy (non-hydrogen) atoms. The van der Waals surface area contributed by atoms with Gasteiger partial charge in [0.25, 0.3) is 0 Å². The summed E-state index contributed by atoms with van der Waals surface area (Å²) in [6.45, 7) is 3.25. The molecule has 0 radical (unpaired) electrons. The van der Waals surface area contributed by atoms with Crippen LogP contribution in [0.4, 0.5) is 0 Å². The smallest absolute Gasteiger partial charge is 0.335 e. The number of carbonyl (C=O) groups excluding carboxylic acids is 1. The van der Waals surface area contributed by atoms with Crippen LogP contribution in [0.2, 0.25) is 0 Å². The first-order chi connectivity index (χ1) is 10.0. The monoisotopic (exact) mass is 287 g/mol. The Morgan fingerprint density at radius 2 is 1.95 bits per heavy atom. The second-order valence-electron chi connectivity index (χ2n) is 6.49. The molecule has 1 aromatic rings. The zero-order valence-corrected chi connectivity index (χ0v) is 12.4. The van der Waals surface area contributed by atoms with Gasteiger partial charge in [-0.1, -0.05) is 31.9 Å². The second-order valence-corrected chi connectivity index (χ2v) is 6.49. The summed E-state index contributed by atoms with van der Waals surface area (Å²) in [4.78, 5) is 25.9. The SMILES string of the molecule is CC1(C(=O)N2CCc3c(cccc3C(=O)O)C2)CCCC1. The van der Waals surface area contributed by atoms with E-state index in [1.807, 2.05) is 11.0 Å². The van der Waals surface area contributed by atoms with Gasteiger partial charge in [0.15, 0.2) is 0 Å². The van der Waals surface area contributed by atoms with Crippen LogP contribution >= 0.6 is 0 Å². The van der Waals surface area contributed by atoms with Crippen molar-refractivity contribution in [2.45, 2.75) is 45.6 Å². The molecule has 0 bridgehead atoms. The Morgan fingerprint density at radius 3 is 2.62 bits per heavy atom. The minimum Gasteiger partial charge on any atom is -0.478 e. The quantitative estimate of drug-likeness (QED) is 0.910. The highest BCUT2D eigenvalue weighted by atomic mass is 16.4. The Hall–Kier alpha value is -1.84. The van der Waals surface area contributed by atoms with Gasteiger partial charge in [-0.15, -0.1) is 0 Å². The number of benzene rings is 1. The fraction of sp³-hybridized carbons (Fsp3) is 0.529. The Bertz CT molecular complexity index is 588. The number of hydrogen-bond donors (Lipinski definition) is 1. The van der Waals surface area contributed by atoms with Crippen LogP contribution in [-0.4, -0.2) is 28.4 Å². The van der Waals surface area contributed by atoms with Crippen molar-refractivity contribution in [1.29, 1.82) is 0 Å². The van der Waals surface area contributed by atoms with E-state index in [1.165, 1.54) is 0 Å². The highest BCUT2D eigenvalue weighted by Crippen LogP contribution is 2.40. The number of aromatic carboxylic acids is 1. The minimum absolute atomic E-state index is 0.206. The minimum atomic E-state index is -0.880. The molecule has 1 aliphatic heterocycles. The van der Waals surface area contributed by atoms with Crippen molar-refractivity contribution < 1.29 is 14.7 Å². The van der Waals surface area contributed by atoms with Gasteiger partial charge in [-0.2, -0.15) is 0 Å². The highest BCUT2D eigenvalue weighted by molar-refractivity contribution is 5.90. The number of rotatable bonds is 2. The van der Waals surface area contributed by atoms with Crippen molar-refractivity contribution in [1.82, 2.24) is 4.90 Å². The molecular formula is C17H21NO3. The van der Waals surface area contributed by atoms with Crippen LogP contribution in [-0.2, 0) is 17.8 Å². The number of carboxylic acids is 1. The van der Waals surface area contributed by atoms with Crippen molar-refractivity contribution in [3.05, 3.63) is 34.9 Å². The number of carboxylic acid groups (broad SMARTS) is 1. The van der Waals surface area contributed by atoms with Gasteiger partial charge in [-0.25, -0.2) is 4.79 Å². The lowest BCUT2D eigenvalue weighted by atomic mass is 9.85. The van der Waals surface area contributed by atoms with E-state index >= 15 is 0 Å². The molecule has 0 atom stereocenters. The van der Waals surface area contributed by atoms with Gasteiger partial charge in [-0.05, 0) is 36.5 Å². The second kappa shape index (κ2) is 5.17. The molecule has 1 aromatic carbocycles. The Labute approximate surface area is 124 Å². The summed E-state index contributed by atoms with van der Waals surface area (Å²) in [5.74, 6) is -0.638. The molecule has 1 heterocycles. The van der Waals surface area contributed by atoms with Gasteiger partial charge in [0.1, 0.15) is 0 Å². The first-order valence-corrected chi connectivity index (χ1v) is 7.65. The van der Waals surface area contributed by atoms with E-state index in [0.717, 1.165) is 36.8 Å². The molecule has 2 aliphatic rings. The number of amides is 1. The van der Waals surface area contributed by atoms with Gasteiger partial charge in [0.05, 0.1) is 5.56 Å². The molecule has 112 valence electrons. The average Bonchev–Trinajstić information content (AvgIpc) is 2.93. The lowest BCUT2D eigenvalue weighted by Gasteiger charge is -2.35. The molecule has 1 fully saturated rings. The molecule has 0 aromatic heterocycles. The molecule has 0 spiro atoms. The molecule has 1 amide bonds. The summed E-state index contributed by atoms with van der Waals surface area (Å²) < 4.78 is 0. The fourth-order valence-corrected chi connectivity index (χ4v) is 3.73. The maximum Gasteiger partial charge on any atom is 0.335 e. The zero-order valence-electron chi connectivity index (χ0n) is 12.4. The van der Waals surface area contributed by atoms with E-state index in [9.17, 15) is 14.7 Å². The summed E-state index contributed by atoms with van der Waals surface area (Å²) in [6.07, 6.45) is 4.86. The predicted octanol–water partition coefficient (Wildman–Crippen LogP) is 2.85. The van der Waals surface area contributed by atoms with Crippen LogP contribution in [0.5, 0.6) is 0 Å². The lowest BCUT2D eigenvalue weighted by molar-refractivity contribution is -0.142. The molecule has 0 unspecified atom stereocenters. The molecule has 1 aliphatic carbocycles. The van der Waals surface area contributed by atoms with Crippen LogP contribution in [0, 0.1) is 5.41 Å². The zero-order chi connectivity index (χ0) is 15.0. The topological polar surface area (TPSA) is 57.6 Å². The van der Waals surface area contributed by atoms with E-state index in [0.29, 0.717) is 25.1 Å². The Morgan fingerprint density at radius 1 is 1.24 bits per heavy atom. The average molecular weight is 287 g/mol. The van der Waals surface area contributed by atoms with E-state index < -0.39 is 5.97 Å². The van der Waals surface area contributed by atoms with Crippen molar-refractivity contribution in [2.24, 2.45) is 5.41 Å². The largest absolute Gasteiger partial charge is 0.478 e. The number of fused-ring (bicyclic) bond motifs is 1. The lowest BCUT2D eigenvalue weighted by Crippen LogP contribution is -2.44. The van der Waals surface area contributed by atoms with Crippen LogP contribution < -0.4 is 0 Å². The molecule has 0 saturated heterocycles. The molecule has 3 rings (SSSR count). The third-order valence-corrected chi connectivity index (χ3v) is 5.01. The molecular weight excluding hydrogens is 266 g/mol. The van der Waals surface area contributed by atoms with Crippen molar-refractivity contribution in [2.75, 3.05) is 6.54 Å². The summed E-state index contributed by atoms with van der Waals surface area (Å²) in [6, 6.07) is 5.36. The van der Waals surface area contributed by atoms with Gasteiger partial charge in [-0.3, -0.25) is 4.79 Å². The number of carbonyl (C=O) groups is 2. The Kier molecular flexibility index (Phi) is 3.47. The van der Waals surface area contributed by atoms with Crippen LogP contribution in [0.15, 0.2) is 18.2 Å². The first-order valence-electron chi connectivity index (χ1n) is 7.65. The fourth-order valence-electron chi connectivity index (χ4n) is 3.73. The standard InChI is InChI=1S/C17H21NO3/c1-17(8-2-3-9-17)16(21)18-10-7-13-12(11-18)5-4-6-14(13)15(19)20/h4-6H,2-3,7-11H2,1H3,(H,19,20). The summed E-state index contributed by atoms with van der Waals surface area (Å²) in [7, 11) is 0. The first kappa shape index (κ1) is 14.1. The normalized spacial score (nSPS) is 20.1. The molecule has 1 N–H and O–H groups in total. The third-order valence-electron chi connectivity index (χ3n) is 5.01. The summed E-state index contributed by atoms with van der Waals surface area (Å²) in [5.41, 5.74) is 2.05. The highest BCUT2D eigenvalue weighted by Gasteiger charge is 2.40.